The van der Waals surface area contributed by atoms with Crippen LogP contribution in [0.4, 0.5) is 0 Å². The van der Waals surface area contributed by atoms with E-state index in [0.29, 0.717) is 12.3 Å². The van der Waals surface area contributed by atoms with Gasteiger partial charge < -0.3 is 19.4 Å². The van der Waals surface area contributed by atoms with Crippen molar-refractivity contribution in [2.75, 3.05) is 6.54 Å². The van der Waals surface area contributed by atoms with Crippen molar-refractivity contribution >= 4 is 5.91 Å². The molecule has 25 heavy (non-hydrogen) atoms. The Labute approximate surface area is 144 Å². The van der Waals surface area contributed by atoms with E-state index in [0.717, 1.165) is 5.56 Å². The lowest BCUT2D eigenvalue weighted by molar-refractivity contribution is 0.0563. The molecule has 0 bridgehead atoms. The number of carbonyl (C=O) groups is 1. The van der Waals surface area contributed by atoms with Crippen LogP contribution in [0.5, 0.6) is 0 Å². The van der Waals surface area contributed by atoms with Gasteiger partial charge in [-0.15, -0.1) is 0 Å². The molecule has 0 saturated heterocycles. The number of carbonyl (C=O) groups excluding carboxylic acids is 1. The third-order valence-corrected chi connectivity index (χ3v) is 3.79. The number of hydrogen-bond acceptors (Lipinski definition) is 4. The summed E-state index contributed by atoms with van der Waals surface area (Å²) in [6.07, 6.45) is 1.95. The molecule has 2 heterocycles. The van der Waals surface area contributed by atoms with E-state index in [1.807, 2.05) is 30.3 Å². The minimum atomic E-state index is -0.954. The first-order chi connectivity index (χ1) is 12.1. The quantitative estimate of drug-likeness (QED) is 0.722. The smallest absolute Gasteiger partial charge is 0.254 e. The standard InChI is InChI=1S/C19H18N2O4/c22-16(17-7-4-10-25-17)13-21(12-14-5-2-1-3-6-14)19(24)15-8-9-20-18(23)11-15/h1-11,16,22H,12-13H2,(H,20,23). The molecule has 1 unspecified atom stereocenters. The number of furan rings is 1. The van der Waals surface area contributed by atoms with E-state index in [2.05, 4.69) is 4.98 Å². The topological polar surface area (TPSA) is 86.5 Å². The van der Waals surface area contributed by atoms with Gasteiger partial charge in [-0.25, -0.2) is 0 Å². The number of amides is 1. The van der Waals surface area contributed by atoms with Crippen LogP contribution in [-0.4, -0.2) is 27.4 Å². The van der Waals surface area contributed by atoms with Gasteiger partial charge in [0.1, 0.15) is 11.9 Å². The molecule has 0 aliphatic rings. The van der Waals surface area contributed by atoms with Crippen molar-refractivity contribution in [3.63, 3.8) is 0 Å². The predicted octanol–water partition coefficient (Wildman–Crippen LogP) is 2.34. The first-order valence-corrected chi connectivity index (χ1v) is 7.87. The fraction of sp³-hybridized carbons (Fsp3) is 0.158. The fourth-order valence-electron chi connectivity index (χ4n) is 2.56. The highest BCUT2D eigenvalue weighted by molar-refractivity contribution is 5.94. The Morgan fingerprint density at radius 1 is 1.16 bits per heavy atom. The summed E-state index contributed by atoms with van der Waals surface area (Å²) < 4.78 is 5.21. The van der Waals surface area contributed by atoms with E-state index in [1.54, 1.807) is 18.2 Å². The van der Waals surface area contributed by atoms with Crippen molar-refractivity contribution in [3.05, 3.63) is 94.3 Å². The normalized spacial score (nSPS) is 11.9. The number of rotatable bonds is 6. The van der Waals surface area contributed by atoms with Crippen LogP contribution in [-0.2, 0) is 6.54 Å². The van der Waals surface area contributed by atoms with E-state index in [9.17, 15) is 14.7 Å². The van der Waals surface area contributed by atoms with Crippen LogP contribution >= 0.6 is 0 Å². The molecule has 2 aromatic heterocycles. The van der Waals surface area contributed by atoms with Crippen LogP contribution in [0.3, 0.4) is 0 Å². The lowest BCUT2D eigenvalue weighted by Crippen LogP contribution is -2.34. The first-order valence-electron chi connectivity index (χ1n) is 7.87. The maximum atomic E-state index is 12.8. The Balaban J connectivity index is 1.85. The molecule has 1 atom stereocenters. The first kappa shape index (κ1) is 16.7. The van der Waals surface area contributed by atoms with Gasteiger partial charge in [-0.05, 0) is 23.8 Å². The van der Waals surface area contributed by atoms with Crippen LogP contribution in [0.1, 0.15) is 27.8 Å². The van der Waals surface area contributed by atoms with E-state index < -0.39 is 6.10 Å². The molecular formula is C19H18N2O4. The van der Waals surface area contributed by atoms with Gasteiger partial charge in [-0.2, -0.15) is 0 Å². The van der Waals surface area contributed by atoms with E-state index in [1.165, 1.54) is 23.4 Å². The van der Waals surface area contributed by atoms with Crippen LogP contribution in [0.25, 0.3) is 0 Å². The van der Waals surface area contributed by atoms with E-state index >= 15 is 0 Å². The molecule has 0 spiro atoms. The van der Waals surface area contributed by atoms with Crippen LogP contribution in [0.2, 0.25) is 0 Å². The lowest BCUT2D eigenvalue weighted by atomic mass is 10.1. The summed E-state index contributed by atoms with van der Waals surface area (Å²) in [5.41, 5.74) is 0.843. The number of nitrogens with one attached hydrogen (secondary N) is 1. The largest absolute Gasteiger partial charge is 0.467 e. The molecule has 2 N–H and O–H groups in total. The highest BCUT2D eigenvalue weighted by atomic mass is 16.4. The van der Waals surface area contributed by atoms with Crippen LogP contribution in [0.15, 0.2) is 76.3 Å². The van der Waals surface area contributed by atoms with Gasteiger partial charge in [-0.3, -0.25) is 9.59 Å². The molecule has 1 amide bonds. The summed E-state index contributed by atoms with van der Waals surface area (Å²) in [7, 11) is 0. The summed E-state index contributed by atoms with van der Waals surface area (Å²) in [5, 5.41) is 10.4. The average Bonchev–Trinajstić information content (AvgIpc) is 3.16. The van der Waals surface area contributed by atoms with Crippen molar-refractivity contribution in [1.29, 1.82) is 0 Å². The van der Waals surface area contributed by atoms with Gasteiger partial charge in [-0.1, -0.05) is 30.3 Å². The number of benzene rings is 1. The molecule has 6 nitrogen and oxygen atoms in total. The van der Waals surface area contributed by atoms with Crippen molar-refractivity contribution in [2.45, 2.75) is 12.6 Å². The van der Waals surface area contributed by atoms with Gasteiger partial charge >= 0.3 is 0 Å². The van der Waals surface area contributed by atoms with Gasteiger partial charge in [0, 0.05) is 24.4 Å². The predicted molar refractivity (Wildman–Crippen MR) is 91.9 cm³/mol. The highest BCUT2D eigenvalue weighted by Crippen LogP contribution is 2.18. The number of nitrogens with zero attached hydrogens (tertiary/aromatic N) is 1. The van der Waals surface area contributed by atoms with Gasteiger partial charge in [0.2, 0.25) is 5.56 Å². The maximum absolute atomic E-state index is 12.8. The Kier molecular flexibility index (Phi) is 5.11. The molecule has 0 radical (unpaired) electrons. The van der Waals surface area contributed by atoms with Gasteiger partial charge in [0.15, 0.2) is 0 Å². The fourth-order valence-corrected chi connectivity index (χ4v) is 2.56. The third-order valence-electron chi connectivity index (χ3n) is 3.79. The number of aromatic nitrogens is 1. The van der Waals surface area contributed by atoms with Crippen LogP contribution < -0.4 is 5.56 Å². The third kappa shape index (κ3) is 4.24. The van der Waals surface area contributed by atoms with Gasteiger partial charge in [0.25, 0.3) is 5.91 Å². The number of H-pyrrole nitrogens is 1. The minimum Gasteiger partial charge on any atom is -0.467 e. The molecule has 0 saturated carbocycles. The molecule has 3 rings (SSSR count). The molecule has 0 aliphatic heterocycles. The number of hydrogen-bond donors (Lipinski definition) is 2. The monoisotopic (exact) mass is 338 g/mol. The number of pyridine rings is 1. The minimum absolute atomic E-state index is 0.0496. The molecular weight excluding hydrogens is 320 g/mol. The zero-order valence-electron chi connectivity index (χ0n) is 13.5. The van der Waals surface area contributed by atoms with E-state index in [4.69, 9.17) is 4.42 Å². The zero-order chi connectivity index (χ0) is 17.6. The second kappa shape index (κ2) is 7.63. The van der Waals surface area contributed by atoms with Crippen molar-refractivity contribution in [3.8, 4) is 0 Å². The van der Waals surface area contributed by atoms with Gasteiger partial charge in [0.05, 0.1) is 12.8 Å². The lowest BCUT2D eigenvalue weighted by Gasteiger charge is -2.25. The molecule has 0 fully saturated rings. The van der Waals surface area contributed by atoms with Crippen molar-refractivity contribution < 1.29 is 14.3 Å². The Morgan fingerprint density at radius 2 is 1.96 bits per heavy atom. The second-order valence-corrected chi connectivity index (χ2v) is 5.64. The highest BCUT2D eigenvalue weighted by Gasteiger charge is 2.22. The average molecular weight is 338 g/mol. The van der Waals surface area contributed by atoms with Crippen molar-refractivity contribution in [2.24, 2.45) is 0 Å². The number of aliphatic hydroxyl groups excluding tert-OH is 1. The maximum Gasteiger partial charge on any atom is 0.254 e. The SMILES string of the molecule is O=C(c1cc[nH]c(=O)c1)N(Cc1ccccc1)CC(O)c1ccco1. The Hall–Kier alpha value is -3.12. The summed E-state index contributed by atoms with van der Waals surface area (Å²) in [5.74, 6) is 0.0531. The summed E-state index contributed by atoms with van der Waals surface area (Å²) in [6.45, 7) is 0.359. The van der Waals surface area contributed by atoms with Crippen LogP contribution in [0, 0.1) is 0 Å². The molecule has 6 heteroatoms. The van der Waals surface area contributed by atoms with Crippen molar-refractivity contribution in [1.82, 2.24) is 9.88 Å². The molecule has 0 aliphatic carbocycles. The summed E-state index contributed by atoms with van der Waals surface area (Å²) in [4.78, 5) is 28.3. The molecule has 128 valence electrons. The molecule has 3 aromatic rings. The summed E-state index contributed by atoms with van der Waals surface area (Å²) >= 11 is 0. The Morgan fingerprint density at radius 3 is 2.64 bits per heavy atom. The second-order valence-electron chi connectivity index (χ2n) is 5.64. The zero-order valence-corrected chi connectivity index (χ0v) is 13.5. The Bertz CT molecular complexity index is 872. The summed E-state index contributed by atoms with van der Waals surface area (Å²) in [6, 6.07) is 15.6. The van der Waals surface area contributed by atoms with E-state index in [-0.39, 0.29) is 23.6 Å². The number of aliphatic hydroxyl groups is 1. The number of aromatic amines is 1. The molecule has 1 aromatic carbocycles.